The maximum absolute atomic E-state index is 6.22. The van der Waals surface area contributed by atoms with Gasteiger partial charge in [0.1, 0.15) is 12.2 Å². The van der Waals surface area contributed by atoms with E-state index in [1.807, 2.05) is 27.7 Å². The molecular weight excluding hydrogens is 256 g/mol. The Labute approximate surface area is 122 Å². The molecule has 4 heteroatoms. The third-order valence-corrected chi connectivity index (χ3v) is 4.67. The molecule has 0 N–H and O–H groups in total. The Hall–Kier alpha value is -0.160. The summed E-state index contributed by atoms with van der Waals surface area (Å²) >= 11 is 0. The summed E-state index contributed by atoms with van der Waals surface area (Å²) in [5.74, 6) is -0.413. The van der Waals surface area contributed by atoms with Crippen molar-refractivity contribution in [2.45, 2.75) is 89.7 Å². The fourth-order valence-electron chi connectivity index (χ4n) is 3.81. The van der Waals surface area contributed by atoms with Gasteiger partial charge in [-0.05, 0) is 46.5 Å². The Bertz CT molecular complexity index is 346. The van der Waals surface area contributed by atoms with Crippen LogP contribution in [-0.2, 0) is 18.9 Å². The summed E-state index contributed by atoms with van der Waals surface area (Å²) in [6.07, 6.45) is 6.60. The minimum Gasteiger partial charge on any atom is -0.348 e. The molecule has 1 aliphatic carbocycles. The molecule has 1 saturated carbocycles. The largest absolute Gasteiger partial charge is 0.348 e. The Balaban J connectivity index is 1.73. The summed E-state index contributed by atoms with van der Waals surface area (Å²) in [4.78, 5) is 0. The van der Waals surface area contributed by atoms with Gasteiger partial charge in [-0.25, -0.2) is 0 Å². The lowest BCUT2D eigenvalue weighted by molar-refractivity contribution is -0.175. The van der Waals surface area contributed by atoms with Gasteiger partial charge in [0.2, 0.25) is 0 Å². The van der Waals surface area contributed by atoms with Gasteiger partial charge >= 0.3 is 0 Å². The summed E-state index contributed by atoms with van der Waals surface area (Å²) in [6, 6.07) is 0. The Morgan fingerprint density at radius 3 is 2.00 bits per heavy atom. The van der Waals surface area contributed by atoms with Crippen LogP contribution < -0.4 is 0 Å². The van der Waals surface area contributed by atoms with Crippen LogP contribution in [0.3, 0.4) is 0 Å². The zero-order valence-corrected chi connectivity index (χ0v) is 13.2. The van der Waals surface area contributed by atoms with Crippen LogP contribution in [0.2, 0.25) is 0 Å². The molecule has 116 valence electrons. The second-order valence-corrected chi connectivity index (χ2v) is 7.33. The molecule has 0 bridgehead atoms. The van der Waals surface area contributed by atoms with Gasteiger partial charge in [0.05, 0.1) is 12.7 Å². The highest BCUT2D eigenvalue weighted by atomic mass is 16.8. The van der Waals surface area contributed by atoms with Crippen LogP contribution in [0.25, 0.3) is 0 Å². The highest BCUT2D eigenvalue weighted by molar-refractivity contribution is 4.94. The Morgan fingerprint density at radius 2 is 1.40 bits per heavy atom. The van der Waals surface area contributed by atoms with Crippen molar-refractivity contribution in [1.82, 2.24) is 0 Å². The topological polar surface area (TPSA) is 36.9 Å². The molecule has 2 heterocycles. The van der Waals surface area contributed by atoms with Gasteiger partial charge in [-0.15, -0.1) is 0 Å². The van der Waals surface area contributed by atoms with Crippen molar-refractivity contribution in [3.63, 3.8) is 0 Å². The summed E-state index contributed by atoms with van der Waals surface area (Å²) in [5.41, 5.74) is 0. The van der Waals surface area contributed by atoms with E-state index in [1.54, 1.807) is 0 Å². The van der Waals surface area contributed by atoms with Crippen LogP contribution in [-0.4, -0.2) is 36.5 Å². The molecule has 0 aromatic carbocycles. The lowest BCUT2D eigenvalue weighted by Gasteiger charge is -2.31. The van der Waals surface area contributed by atoms with Crippen LogP contribution in [0, 0.1) is 5.92 Å². The predicted molar refractivity (Wildman–Crippen MR) is 75.3 cm³/mol. The van der Waals surface area contributed by atoms with Gasteiger partial charge in [0, 0.05) is 0 Å². The molecule has 0 radical (unpaired) electrons. The van der Waals surface area contributed by atoms with Crippen molar-refractivity contribution >= 4 is 0 Å². The van der Waals surface area contributed by atoms with Crippen LogP contribution in [0.4, 0.5) is 0 Å². The van der Waals surface area contributed by atoms with Gasteiger partial charge in [-0.1, -0.05) is 19.3 Å². The highest BCUT2D eigenvalue weighted by Gasteiger charge is 2.51. The first-order valence-electron chi connectivity index (χ1n) is 8.04. The molecule has 2 aliphatic heterocycles. The maximum Gasteiger partial charge on any atom is 0.163 e. The minimum absolute atomic E-state index is 0.00475. The van der Waals surface area contributed by atoms with Gasteiger partial charge < -0.3 is 18.9 Å². The number of ether oxygens (including phenoxy) is 4. The molecule has 0 spiro atoms. The lowest BCUT2D eigenvalue weighted by Crippen LogP contribution is -2.42. The lowest BCUT2D eigenvalue weighted by atomic mass is 9.82. The molecule has 2 saturated heterocycles. The van der Waals surface area contributed by atoms with Crippen LogP contribution in [0.15, 0.2) is 0 Å². The minimum atomic E-state index is -0.511. The monoisotopic (exact) mass is 284 g/mol. The fourth-order valence-corrected chi connectivity index (χ4v) is 3.81. The molecule has 3 aliphatic rings. The van der Waals surface area contributed by atoms with E-state index in [2.05, 4.69) is 0 Å². The van der Waals surface area contributed by atoms with Crippen molar-refractivity contribution in [1.29, 1.82) is 0 Å². The molecular formula is C16H28O4. The van der Waals surface area contributed by atoms with E-state index in [-0.39, 0.29) is 18.3 Å². The smallest absolute Gasteiger partial charge is 0.163 e. The van der Waals surface area contributed by atoms with E-state index in [1.165, 1.54) is 32.1 Å². The number of hydrogen-bond donors (Lipinski definition) is 0. The van der Waals surface area contributed by atoms with Gasteiger partial charge in [0.15, 0.2) is 11.6 Å². The van der Waals surface area contributed by atoms with Gasteiger partial charge in [-0.3, -0.25) is 0 Å². The van der Waals surface area contributed by atoms with Crippen LogP contribution in [0.1, 0.15) is 59.8 Å². The zero-order valence-electron chi connectivity index (χ0n) is 13.2. The summed E-state index contributed by atoms with van der Waals surface area (Å²) < 4.78 is 24.1. The fraction of sp³-hybridized carbons (Fsp3) is 1.00. The second-order valence-electron chi connectivity index (χ2n) is 7.33. The van der Waals surface area contributed by atoms with E-state index < -0.39 is 11.6 Å². The zero-order chi connectivity index (χ0) is 14.4. The molecule has 0 aromatic rings. The summed E-state index contributed by atoms with van der Waals surface area (Å²) in [7, 11) is 0. The van der Waals surface area contributed by atoms with Crippen molar-refractivity contribution in [2.75, 3.05) is 6.61 Å². The van der Waals surface area contributed by atoms with Crippen molar-refractivity contribution < 1.29 is 18.9 Å². The summed E-state index contributed by atoms with van der Waals surface area (Å²) in [6.45, 7) is 8.53. The molecule has 3 atom stereocenters. The quantitative estimate of drug-likeness (QED) is 0.780. The highest BCUT2D eigenvalue weighted by Crippen LogP contribution is 2.41. The van der Waals surface area contributed by atoms with E-state index in [0.717, 1.165) is 0 Å². The molecule has 20 heavy (non-hydrogen) atoms. The second kappa shape index (κ2) is 5.24. The molecule has 0 amide bonds. The predicted octanol–water partition coefficient (Wildman–Crippen LogP) is 3.24. The molecule has 4 nitrogen and oxygen atoms in total. The standard InChI is InChI=1S/C16H28O4/c1-15(2)17-10-12(18-15)14-13(19-16(3,4)20-14)11-8-6-5-7-9-11/h11-14H,5-10H2,1-4H3/t12-,13+,14+/m0/s1. The molecule has 3 fully saturated rings. The Kier molecular flexibility index (Phi) is 3.87. The van der Waals surface area contributed by atoms with Gasteiger partial charge in [0.25, 0.3) is 0 Å². The van der Waals surface area contributed by atoms with E-state index in [4.69, 9.17) is 18.9 Å². The van der Waals surface area contributed by atoms with Crippen molar-refractivity contribution in [3.8, 4) is 0 Å². The van der Waals surface area contributed by atoms with E-state index >= 15 is 0 Å². The van der Waals surface area contributed by atoms with Crippen molar-refractivity contribution in [2.24, 2.45) is 5.92 Å². The SMILES string of the molecule is CC1(C)OC[C@@H]([C@H]2OC(C)(C)O[C@@H]2C2CCCCC2)O1. The number of hydrogen-bond acceptors (Lipinski definition) is 4. The first-order chi connectivity index (χ1) is 9.36. The molecule has 3 rings (SSSR count). The van der Waals surface area contributed by atoms with Crippen LogP contribution in [0.5, 0.6) is 0 Å². The number of rotatable bonds is 2. The third-order valence-electron chi connectivity index (χ3n) is 4.67. The van der Waals surface area contributed by atoms with Gasteiger partial charge in [-0.2, -0.15) is 0 Å². The molecule has 0 unspecified atom stereocenters. The van der Waals surface area contributed by atoms with E-state index in [0.29, 0.717) is 12.5 Å². The first-order valence-corrected chi connectivity index (χ1v) is 8.04. The Morgan fingerprint density at radius 1 is 0.750 bits per heavy atom. The molecule has 0 aromatic heterocycles. The van der Waals surface area contributed by atoms with Crippen molar-refractivity contribution in [3.05, 3.63) is 0 Å². The van der Waals surface area contributed by atoms with Crippen LogP contribution >= 0.6 is 0 Å². The average molecular weight is 284 g/mol. The normalized spacial score (nSPS) is 41.1. The summed E-state index contributed by atoms with van der Waals surface area (Å²) in [5, 5.41) is 0. The van der Waals surface area contributed by atoms with E-state index in [9.17, 15) is 0 Å². The maximum atomic E-state index is 6.22. The average Bonchev–Trinajstić information content (AvgIpc) is 2.90. The third kappa shape index (κ3) is 3.03. The first kappa shape index (κ1) is 14.8.